The third-order valence-electron chi connectivity index (χ3n) is 3.64. The average Bonchev–Trinajstić information content (AvgIpc) is 2.91. The maximum Gasteiger partial charge on any atom is 0.190 e. The molecule has 0 radical (unpaired) electrons. The van der Waals surface area contributed by atoms with E-state index in [-0.39, 0.29) is 5.03 Å². The van der Waals surface area contributed by atoms with Crippen molar-refractivity contribution in [3.63, 3.8) is 0 Å². The number of hydrogen-bond donors (Lipinski definition) is 1. The van der Waals surface area contributed by atoms with Crippen LogP contribution in [0.1, 0.15) is 21.5 Å². The number of aromatic amines is 1. The molecule has 5 heteroatoms. The van der Waals surface area contributed by atoms with Crippen molar-refractivity contribution < 1.29 is 13.2 Å². The van der Waals surface area contributed by atoms with E-state index in [0.717, 1.165) is 28.3 Å². The summed E-state index contributed by atoms with van der Waals surface area (Å²) in [6.45, 7) is 0. The molecule has 1 aromatic heterocycles. The Bertz CT molecular complexity index is 955. The van der Waals surface area contributed by atoms with Crippen molar-refractivity contribution in [2.75, 3.05) is 6.26 Å². The van der Waals surface area contributed by atoms with Crippen molar-refractivity contribution in [3.8, 4) is 0 Å². The zero-order valence-electron chi connectivity index (χ0n) is 12.0. The van der Waals surface area contributed by atoms with Gasteiger partial charge in [-0.3, -0.25) is 4.79 Å². The second kappa shape index (κ2) is 5.42. The van der Waals surface area contributed by atoms with Gasteiger partial charge in [-0.25, -0.2) is 8.42 Å². The SMILES string of the molecule is CS(=O)(=O)c1cc2cc(Cc3ccccc3C=O)ccc2[nH]1. The summed E-state index contributed by atoms with van der Waals surface area (Å²) in [5.41, 5.74) is 3.44. The second-order valence-electron chi connectivity index (χ2n) is 5.32. The third-order valence-corrected chi connectivity index (χ3v) is 4.66. The molecule has 0 aliphatic rings. The molecule has 1 heterocycles. The quantitative estimate of drug-likeness (QED) is 0.753. The maximum atomic E-state index is 11.6. The molecule has 22 heavy (non-hydrogen) atoms. The number of hydrogen-bond acceptors (Lipinski definition) is 3. The van der Waals surface area contributed by atoms with Crippen LogP contribution in [0.2, 0.25) is 0 Å². The van der Waals surface area contributed by atoms with Crippen molar-refractivity contribution in [2.45, 2.75) is 11.4 Å². The molecular weight excluding hydrogens is 298 g/mol. The van der Waals surface area contributed by atoms with Crippen LogP contribution in [0, 0.1) is 0 Å². The Morgan fingerprint density at radius 1 is 1.09 bits per heavy atom. The Balaban J connectivity index is 2.00. The van der Waals surface area contributed by atoms with Gasteiger partial charge in [0.2, 0.25) is 0 Å². The lowest BCUT2D eigenvalue weighted by molar-refractivity contribution is 0.112. The summed E-state index contributed by atoms with van der Waals surface area (Å²) in [7, 11) is -3.25. The van der Waals surface area contributed by atoms with E-state index >= 15 is 0 Å². The van der Waals surface area contributed by atoms with Gasteiger partial charge < -0.3 is 4.98 Å². The van der Waals surface area contributed by atoms with Gasteiger partial charge in [0, 0.05) is 22.7 Å². The summed E-state index contributed by atoms with van der Waals surface area (Å²) in [5.74, 6) is 0. The number of carbonyl (C=O) groups excluding carboxylic acids is 1. The van der Waals surface area contributed by atoms with E-state index in [9.17, 15) is 13.2 Å². The van der Waals surface area contributed by atoms with Crippen LogP contribution in [0.4, 0.5) is 0 Å². The van der Waals surface area contributed by atoms with E-state index in [1.165, 1.54) is 6.26 Å². The molecule has 1 N–H and O–H groups in total. The van der Waals surface area contributed by atoms with Crippen LogP contribution in [0.25, 0.3) is 10.9 Å². The zero-order valence-corrected chi connectivity index (χ0v) is 12.9. The number of fused-ring (bicyclic) bond motifs is 1. The molecule has 2 aromatic carbocycles. The topological polar surface area (TPSA) is 67.0 Å². The number of aldehydes is 1. The van der Waals surface area contributed by atoms with Crippen LogP contribution in [0.15, 0.2) is 53.6 Å². The lowest BCUT2D eigenvalue weighted by Gasteiger charge is -2.05. The predicted molar refractivity (Wildman–Crippen MR) is 86.0 cm³/mol. The number of H-pyrrole nitrogens is 1. The molecule has 0 unspecified atom stereocenters. The number of benzene rings is 2. The minimum Gasteiger partial charge on any atom is -0.346 e. The van der Waals surface area contributed by atoms with E-state index in [1.54, 1.807) is 12.1 Å². The van der Waals surface area contributed by atoms with Gasteiger partial charge in [0.1, 0.15) is 11.3 Å². The fourth-order valence-electron chi connectivity index (χ4n) is 2.50. The monoisotopic (exact) mass is 313 g/mol. The molecule has 3 rings (SSSR count). The first-order valence-electron chi connectivity index (χ1n) is 6.82. The van der Waals surface area contributed by atoms with Crippen molar-refractivity contribution in [2.24, 2.45) is 0 Å². The first-order chi connectivity index (χ1) is 10.5. The van der Waals surface area contributed by atoms with E-state index in [1.807, 2.05) is 36.4 Å². The molecule has 0 saturated carbocycles. The standard InChI is InChI=1S/C17H15NO3S/c1-22(20,21)17-10-15-9-12(6-7-16(15)18-17)8-13-4-2-3-5-14(13)11-19/h2-7,9-11,18H,8H2,1H3. The van der Waals surface area contributed by atoms with Crippen molar-refractivity contribution >= 4 is 27.0 Å². The average molecular weight is 313 g/mol. The van der Waals surface area contributed by atoms with E-state index in [4.69, 9.17) is 0 Å². The summed E-state index contributed by atoms with van der Waals surface area (Å²) in [5, 5.41) is 1.06. The van der Waals surface area contributed by atoms with Crippen molar-refractivity contribution in [1.82, 2.24) is 4.98 Å². The van der Waals surface area contributed by atoms with Gasteiger partial charge in [0.15, 0.2) is 9.84 Å². The molecule has 0 aliphatic carbocycles. The highest BCUT2D eigenvalue weighted by Crippen LogP contribution is 2.22. The largest absolute Gasteiger partial charge is 0.346 e. The minimum atomic E-state index is -3.25. The zero-order chi connectivity index (χ0) is 15.7. The Morgan fingerprint density at radius 2 is 1.86 bits per heavy atom. The summed E-state index contributed by atoms with van der Waals surface area (Å²) < 4.78 is 23.2. The molecule has 4 nitrogen and oxygen atoms in total. The summed E-state index contributed by atoms with van der Waals surface area (Å²) in [4.78, 5) is 14.0. The molecule has 0 bridgehead atoms. The highest BCUT2D eigenvalue weighted by Gasteiger charge is 2.11. The molecule has 112 valence electrons. The van der Waals surface area contributed by atoms with Gasteiger partial charge in [-0.2, -0.15) is 0 Å². The Kier molecular flexibility index (Phi) is 3.58. The predicted octanol–water partition coefficient (Wildman–Crippen LogP) is 2.97. The molecule has 0 amide bonds. The fraction of sp³-hybridized carbons (Fsp3) is 0.118. The molecular formula is C17H15NO3S. The van der Waals surface area contributed by atoms with Gasteiger partial charge in [0.25, 0.3) is 0 Å². The summed E-state index contributed by atoms with van der Waals surface area (Å²) >= 11 is 0. The van der Waals surface area contributed by atoms with Crippen LogP contribution in [0.3, 0.4) is 0 Å². The van der Waals surface area contributed by atoms with Gasteiger partial charge >= 0.3 is 0 Å². The summed E-state index contributed by atoms with van der Waals surface area (Å²) in [6, 6.07) is 14.8. The number of nitrogens with one attached hydrogen (secondary N) is 1. The molecule has 0 saturated heterocycles. The molecule has 0 spiro atoms. The van der Waals surface area contributed by atoms with Crippen LogP contribution in [0.5, 0.6) is 0 Å². The third kappa shape index (κ3) is 2.80. The van der Waals surface area contributed by atoms with Crippen LogP contribution in [-0.4, -0.2) is 25.9 Å². The normalized spacial score (nSPS) is 11.7. The second-order valence-corrected chi connectivity index (χ2v) is 7.30. The van der Waals surface area contributed by atoms with Gasteiger partial charge in [0.05, 0.1) is 0 Å². The van der Waals surface area contributed by atoms with Crippen molar-refractivity contribution in [1.29, 1.82) is 0 Å². The maximum absolute atomic E-state index is 11.6. The fourth-order valence-corrected chi connectivity index (χ4v) is 3.13. The van der Waals surface area contributed by atoms with Crippen LogP contribution < -0.4 is 0 Å². The molecule has 0 atom stereocenters. The summed E-state index contributed by atoms with van der Waals surface area (Å²) in [6.07, 6.45) is 2.66. The van der Waals surface area contributed by atoms with Crippen molar-refractivity contribution in [3.05, 3.63) is 65.2 Å². The lowest BCUT2D eigenvalue weighted by atomic mass is 10.00. The highest BCUT2D eigenvalue weighted by atomic mass is 32.2. The number of carbonyl (C=O) groups is 1. The first-order valence-corrected chi connectivity index (χ1v) is 8.71. The van der Waals surface area contributed by atoms with Crippen LogP contribution in [-0.2, 0) is 16.3 Å². The number of rotatable bonds is 4. The minimum absolute atomic E-state index is 0.216. The van der Waals surface area contributed by atoms with Gasteiger partial charge in [-0.15, -0.1) is 0 Å². The van der Waals surface area contributed by atoms with Crippen LogP contribution >= 0.6 is 0 Å². The number of aromatic nitrogens is 1. The Morgan fingerprint density at radius 3 is 2.59 bits per heavy atom. The Labute approximate surface area is 128 Å². The Hall–Kier alpha value is -2.40. The van der Waals surface area contributed by atoms with E-state index < -0.39 is 9.84 Å². The molecule has 0 fully saturated rings. The van der Waals surface area contributed by atoms with E-state index in [0.29, 0.717) is 12.0 Å². The van der Waals surface area contributed by atoms with Gasteiger partial charge in [-0.1, -0.05) is 30.3 Å². The van der Waals surface area contributed by atoms with Gasteiger partial charge in [-0.05, 0) is 35.7 Å². The van der Waals surface area contributed by atoms with E-state index in [2.05, 4.69) is 4.98 Å². The molecule has 0 aliphatic heterocycles. The smallest absolute Gasteiger partial charge is 0.190 e. The first kappa shape index (κ1) is 14.5. The lowest BCUT2D eigenvalue weighted by Crippen LogP contribution is -1.96. The number of sulfone groups is 1. The molecule has 3 aromatic rings. The highest BCUT2D eigenvalue weighted by molar-refractivity contribution is 7.90.